The molecule has 3 aliphatic heterocycles. The Morgan fingerprint density at radius 2 is 1.02 bits per heavy atom. The second-order valence-corrected chi connectivity index (χ2v) is 13.0. The third kappa shape index (κ3) is 6.98. The number of nitrogens with zero attached hydrogens (tertiary/aromatic N) is 4. The van der Waals surface area contributed by atoms with Gasteiger partial charge >= 0.3 is 11.9 Å². The lowest BCUT2D eigenvalue weighted by atomic mass is 9.77. The molecule has 16 nitrogen and oxygen atoms in total. The lowest BCUT2D eigenvalue weighted by molar-refractivity contribution is -0.153. The van der Waals surface area contributed by atoms with Crippen LogP contribution in [0, 0.1) is 34.5 Å². The Morgan fingerprint density at radius 1 is 0.692 bits per heavy atom. The van der Waals surface area contributed by atoms with Gasteiger partial charge in [0.2, 0.25) is 11.8 Å². The molecule has 2 amide bonds. The van der Waals surface area contributed by atoms with E-state index in [0.29, 0.717) is 26.2 Å². The normalized spacial score (nSPS) is 24.2. The van der Waals surface area contributed by atoms with E-state index in [4.69, 9.17) is 33.9 Å². The highest BCUT2D eigenvalue weighted by molar-refractivity contribution is 7.80. The first kappa shape index (κ1) is 37.3. The van der Waals surface area contributed by atoms with Crippen molar-refractivity contribution >= 4 is 81.4 Å². The maximum absolute atomic E-state index is 13.3. The molecule has 4 N–H and O–H groups in total. The van der Waals surface area contributed by atoms with Gasteiger partial charge in [-0.2, -0.15) is 10.5 Å². The zero-order valence-corrected chi connectivity index (χ0v) is 29.5. The summed E-state index contributed by atoms with van der Waals surface area (Å²) >= 11 is 10.1. The van der Waals surface area contributed by atoms with Crippen LogP contribution in [0.3, 0.4) is 0 Å². The number of Topliss-reactive ketones (excluding diaryl/α,β-unsaturated/α-hetero) is 2. The third-order valence-electron chi connectivity index (χ3n) is 9.28. The number of rotatable bonds is 10. The number of ketones is 2. The number of nitrogens with one attached hydrogen (secondary N) is 4. The molecule has 268 valence electrons. The number of hydrogen-bond acceptors (Lipinski definition) is 14. The van der Waals surface area contributed by atoms with Crippen molar-refractivity contribution in [3.05, 3.63) is 59.7 Å². The van der Waals surface area contributed by atoms with Gasteiger partial charge in [-0.15, -0.1) is 0 Å². The van der Waals surface area contributed by atoms with Crippen LogP contribution in [0.25, 0.3) is 0 Å². The van der Waals surface area contributed by atoms with Crippen LogP contribution in [0.15, 0.2) is 48.5 Å². The van der Waals surface area contributed by atoms with Crippen molar-refractivity contribution < 1.29 is 38.2 Å². The first-order valence-electron chi connectivity index (χ1n) is 15.8. The van der Waals surface area contributed by atoms with Gasteiger partial charge in [-0.3, -0.25) is 19.2 Å². The average molecular weight is 745 g/mol. The average Bonchev–Trinajstić information content (AvgIpc) is 3.13. The summed E-state index contributed by atoms with van der Waals surface area (Å²) in [5, 5.41) is 28.8. The number of anilines is 2. The number of piperazine rings is 1. The monoisotopic (exact) mass is 744 g/mol. The van der Waals surface area contributed by atoms with Gasteiger partial charge in [0, 0.05) is 61.5 Å². The fourth-order valence-corrected chi connectivity index (χ4v) is 7.12. The topological polar surface area (TPSA) is 223 Å². The predicted molar refractivity (Wildman–Crippen MR) is 191 cm³/mol. The van der Waals surface area contributed by atoms with Gasteiger partial charge < -0.3 is 40.5 Å². The minimum atomic E-state index is -1.98. The number of nitriles is 2. The summed E-state index contributed by atoms with van der Waals surface area (Å²) in [5.41, 5.74) is -1.73. The molecule has 52 heavy (non-hydrogen) atoms. The highest BCUT2D eigenvalue weighted by Crippen LogP contribution is 2.31. The number of ether oxygens (including phenoxy) is 2. The lowest BCUT2D eigenvalue weighted by Crippen LogP contribution is -2.70. The Balaban J connectivity index is 1.21. The Morgan fingerprint density at radius 3 is 1.31 bits per heavy atom. The summed E-state index contributed by atoms with van der Waals surface area (Å²) in [7, 11) is 2.19. The number of benzene rings is 2. The molecule has 2 aromatic rings. The fraction of sp³-hybridized carbons (Fsp3) is 0.353. The van der Waals surface area contributed by atoms with Crippen molar-refractivity contribution in [2.75, 3.05) is 50.2 Å². The molecule has 0 bridgehead atoms. The van der Waals surface area contributed by atoms with Crippen LogP contribution in [0.1, 0.15) is 33.6 Å². The molecule has 3 fully saturated rings. The van der Waals surface area contributed by atoms with Crippen molar-refractivity contribution in [1.29, 1.82) is 10.5 Å². The molecular weight excluding hydrogens is 713 g/mol. The van der Waals surface area contributed by atoms with E-state index in [9.17, 15) is 39.3 Å². The SMILES string of the molecule is COC(=O)[C@]1(CC(=O)c2ccc(N3CCN(c4ccc(C(=O)C[C@]5(C(=O)OC)NC(=S)NC(=O)[C@@H]5C#N)cc4)CC3)cc2)NC(=S)NC(=O)[C@H]1C#N. The van der Waals surface area contributed by atoms with E-state index >= 15 is 0 Å². The maximum atomic E-state index is 13.3. The summed E-state index contributed by atoms with van der Waals surface area (Å²) in [6, 6.07) is 17.1. The van der Waals surface area contributed by atoms with E-state index in [1.807, 2.05) is 0 Å². The molecule has 0 spiro atoms. The zero-order valence-electron chi connectivity index (χ0n) is 27.9. The molecule has 0 unspecified atom stereocenters. The van der Waals surface area contributed by atoms with E-state index < -0.39 is 71.1 Å². The molecule has 3 saturated heterocycles. The van der Waals surface area contributed by atoms with Gasteiger partial charge in [-0.1, -0.05) is 0 Å². The molecule has 0 saturated carbocycles. The highest BCUT2D eigenvalue weighted by atomic mass is 32.1. The van der Waals surface area contributed by atoms with Crippen molar-refractivity contribution in [3.63, 3.8) is 0 Å². The minimum absolute atomic E-state index is 0.189. The second kappa shape index (κ2) is 15.1. The molecule has 3 aliphatic rings. The third-order valence-corrected chi connectivity index (χ3v) is 9.69. The molecule has 18 heteroatoms. The lowest BCUT2D eigenvalue weighted by Gasteiger charge is -2.39. The largest absolute Gasteiger partial charge is 0.467 e. The van der Waals surface area contributed by atoms with Crippen LogP contribution >= 0.6 is 24.4 Å². The van der Waals surface area contributed by atoms with Gasteiger partial charge in [-0.25, -0.2) is 9.59 Å². The van der Waals surface area contributed by atoms with Crippen LogP contribution in [-0.2, 0) is 28.7 Å². The molecule has 3 heterocycles. The van der Waals surface area contributed by atoms with E-state index in [0.717, 1.165) is 25.6 Å². The summed E-state index contributed by atoms with van der Waals surface area (Å²) in [6.07, 6.45) is -1.08. The standard InChI is InChI=1S/C34H32N8O8S2/c1-49-29(47)33(23(17-35)27(45)37-31(51)39-33)15-25(43)19-3-7-21(8-4-19)41-11-13-42(14-12-41)22-9-5-20(6-10-22)26(44)16-34(30(48)50-2)24(18-36)28(46)38-32(52)40-34/h3-10,23-24H,11-16H2,1-2H3,(H2,37,39,45,51)(H2,38,40,46,52)/t23-,24+,33-,34+. The Hall–Kier alpha value is -5.98. The number of carbonyl (C=O) groups is 6. The molecule has 0 aromatic heterocycles. The van der Waals surface area contributed by atoms with E-state index in [1.54, 1.807) is 60.7 Å². The van der Waals surface area contributed by atoms with Crippen molar-refractivity contribution in [2.24, 2.45) is 11.8 Å². The van der Waals surface area contributed by atoms with Crippen molar-refractivity contribution in [2.45, 2.75) is 23.9 Å². The first-order chi connectivity index (χ1) is 24.8. The first-order valence-corrected chi connectivity index (χ1v) is 16.6. The Bertz CT molecular complexity index is 1800. The van der Waals surface area contributed by atoms with Crippen LogP contribution in [-0.4, -0.2) is 97.0 Å². The van der Waals surface area contributed by atoms with Crippen LogP contribution in [0.2, 0.25) is 0 Å². The molecule has 4 atom stereocenters. The van der Waals surface area contributed by atoms with Crippen LogP contribution in [0.5, 0.6) is 0 Å². The minimum Gasteiger partial charge on any atom is -0.467 e. The second-order valence-electron chi connectivity index (χ2n) is 12.2. The van der Waals surface area contributed by atoms with Gasteiger partial charge in [0.05, 0.1) is 26.4 Å². The van der Waals surface area contributed by atoms with Crippen molar-refractivity contribution in [1.82, 2.24) is 21.3 Å². The van der Waals surface area contributed by atoms with Gasteiger partial charge in [0.1, 0.15) is 0 Å². The molecule has 0 aliphatic carbocycles. The fourth-order valence-electron chi connectivity index (χ4n) is 6.55. The smallest absolute Gasteiger partial charge is 0.334 e. The van der Waals surface area contributed by atoms with Gasteiger partial charge in [0.15, 0.2) is 44.7 Å². The zero-order chi connectivity index (χ0) is 37.8. The summed E-state index contributed by atoms with van der Waals surface area (Å²) < 4.78 is 9.72. The molecule has 0 radical (unpaired) electrons. The van der Waals surface area contributed by atoms with Crippen LogP contribution in [0.4, 0.5) is 11.4 Å². The predicted octanol–water partition coefficient (Wildman–Crippen LogP) is 0.271. The number of carbonyl (C=O) groups excluding carboxylic acids is 6. The van der Waals surface area contributed by atoms with Crippen molar-refractivity contribution in [3.8, 4) is 12.1 Å². The van der Waals surface area contributed by atoms with Gasteiger partial charge in [-0.05, 0) is 73.0 Å². The number of esters is 2. The Kier molecular flexibility index (Phi) is 10.8. The van der Waals surface area contributed by atoms with E-state index in [1.165, 1.54) is 0 Å². The van der Waals surface area contributed by atoms with E-state index in [-0.39, 0.29) is 21.4 Å². The highest BCUT2D eigenvalue weighted by Gasteiger charge is 2.57. The summed E-state index contributed by atoms with van der Waals surface area (Å²) in [4.78, 5) is 81.5. The molecule has 2 aromatic carbocycles. The van der Waals surface area contributed by atoms with Gasteiger partial charge in [0.25, 0.3) is 0 Å². The number of amides is 2. The quantitative estimate of drug-likeness (QED) is 0.146. The molecular formula is C34H32N8O8S2. The number of thiocarbonyl (C=S) groups is 2. The number of hydrogen-bond donors (Lipinski definition) is 4. The van der Waals surface area contributed by atoms with Crippen LogP contribution < -0.4 is 31.1 Å². The Labute approximate surface area is 308 Å². The summed E-state index contributed by atoms with van der Waals surface area (Å²) in [5.74, 6) is -7.63. The molecule has 5 rings (SSSR count). The van der Waals surface area contributed by atoms with E-state index in [2.05, 4.69) is 31.1 Å². The number of methoxy groups -OCH3 is 2. The maximum Gasteiger partial charge on any atom is 0.334 e. The summed E-state index contributed by atoms with van der Waals surface area (Å²) in [6.45, 7) is 2.52.